The lowest BCUT2D eigenvalue weighted by Crippen LogP contribution is -2.43. The Morgan fingerprint density at radius 3 is 2.62 bits per heavy atom. The molecular formula is C22H27N7O9P2S2. The quantitative estimate of drug-likeness (QED) is 0.201. The van der Waals surface area contributed by atoms with Crippen molar-refractivity contribution in [2.24, 2.45) is 17.6 Å². The van der Waals surface area contributed by atoms with Gasteiger partial charge in [0.05, 0.1) is 26.1 Å². The van der Waals surface area contributed by atoms with Gasteiger partial charge >= 0.3 is 13.6 Å². The maximum Gasteiger partial charge on any atom is 0.386 e. The summed E-state index contributed by atoms with van der Waals surface area (Å²) in [4.78, 5) is 28.2. The molecule has 20 heteroatoms. The summed E-state index contributed by atoms with van der Waals surface area (Å²) >= 11 is 8.28. The van der Waals surface area contributed by atoms with Gasteiger partial charge < -0.3 is 34.9 Å². The summed E-state index contributed by atoms with van der Waals surface area (Å²) in [6, 6.07) is 2.67. The number of imidazole rings is 1. The first-order valence-corrected chi connectivity index (χ1v) is 18.1. The molecule has 0 unspecified atom stereocenters. The third kappa shape index (κ3) is 5.85. The number of carbonyl (C=O) groups is 1. The van der Waals surface area contributed by atoms with Crippen LogP contribution in [0.1, 0.15) is 34.6 Å². The fourth-order valence-electron chi connectivity index (χ4n) is 5.43. The zero-order valence-corrected chi connectivity index (χ0v) is 25.2. The topological polar surface area (TPSA) is 226 Å². The standard InChI is InChI=1S/C22H27N7O9P2S2/c23-20-16-22(27-8-26-20)29(9-28-16)14-4-11-5-34-40(33,42)38-19-17(30)15(7-36-39(32,41)35-6-12(11)14)37-18(19)10-1-2-25-13(3-10)21(24)31/h1-3,8-9,11-12,14-15,17-19,30H,4-7H2,(H2,24,31)(H,32,41)(H,33,42)(H2,23,26,27)/t11-,12-,14-,15-,17-,18+,19-,39-,40-/m1/s1. The summed E-state index contributed by atoms with van der Waals surface area (Å²) in [7, 11) is 0. The third-order valence-electron chi connectivity index (χ3n) is 7.63. The number of thiol groups is 2. The Bertz CT molecular complexity index is 1620. The highest BCUT2D eigenvalue weighted by atomic mass is 32.7. The van der Waals surface area contributed by atoms with Crippen LogP contribution in [0.3, 0.4) is 0 Å². The maximum absolute atomic E-state index is 13.4. The molecule has 5 N–H and O–H groups in total. The molecule has 42 heavy (non-hydrogen) atoms. The van der Waals surface area contributed by atoms with Gasteiger partial charge in [-0.1, -0.05) is 24.5 Å². The number of ether oxygens (including phenoxy) is 1. The number of nitrogen functional groups attached to an aromatic ring is 1. The second kappa shape index (κ2) is 11.4. The Hall–Kier alpha value is -2.11. The van der Waals surface area contributed by atoms with E-state index in [4.69, 9.17) is 34.3 Å². The van der Waals surface area contributed by atoms with Crippen LogP contribution in [-0.4, -0.2) is 73.6 Å². The monoisotopic (exact) mass is 659 g/mol. The second-order valence-corrected chi connectivity index (χ2v) is 15.9. The summed E-state index contributed by atoms with van der Waals surface area (Å²) < 4.78 is 56.9. The highest BCUT2D eigenvalue weighted by Crippen LogP contribution is 2.60. The zero-order valence-electron chi connectivity index (χ0n) is 21.6. The van der Waals surface area contributed by atoms with Gasteiger partial charge in [-0.2, -0.15) is 0 Å². The number of fused-ring (bicyclic) bond motifs is 4. The van der Waals surface area contributed by atoms with E-state index < -0.39 is 50.5 Å². The number of carbonyl (C=O) groups excluding carboxylic acids is 1. The van der Waals surface area contributed by atoms with Crippen molar-refractivity contribution in [1.82, 2.24) is 24.5 Å². The van der Waals surface area contributed by atoms with Crippen LogP contribution in [-0.2, 0) is 32.0 Å². The van der Waals surface area contributed by atoms with Crippen molar-refractivity contribution in [2.75, 3.05) is 25.6 Å². The molecule has 16 nitrogen and oxygen atoms in total. The molecule has 6 rings (SSSR count). The number of aromatic nitrogens is 5. The number of primary amides is 1. The lowest BCUT2D eigenvalue weighted by molar-refractivity contribution is -0.0239. The predicted molar refractivity (Wildman–Crippen MR) is 153 cm³/mol. The molecule has 2 aliphatic heterocycles. The molecule has 1 aliphatic carbocycles. The van der Waals surface area contributed by atoms with Crippen LogP contribution in [0.2, 0.25) is 0 Å². The average molecular weight is 660 g/mol. The van der Waals surface area contributed by atoms with Crippen LogP contribution < -0.4 is 11.5 Å². The van der Waals surface area contributed by atoms with E-state index in [0.29, 0.717) is 23.1 Å². The smallest absolute Gasteiger partial charge is 0.386 e. The highest BCUT2D eigenvalue weighted by Gasteiger charge is 2.50. The number of amides is 1. The maximum atomic E-state index is 13.4. The molecule has 2 saturated heterocycles. The average Bonchev–Trinajstić information content (AvgIpc) is 3.48. The van der Waals surface area contributed by atoms with Gasteiger partial charge in [-0.25, -0.2) is 24.1 Å². The van der Waals surface area contributed by atoms with E-state index in [-0.39, 0.29) is 42.6 Å². The summed E-state index contributed by atoms with van der Waals surface area (Å²) in [5.41, 5.74) is 12.5. The molecule has 3 fully saturated rings. The molecule has 3 aromatic rings. The molecule has 9 atom stereocenters. The van der Waals surface area contributed by atoms with E-state index in [1.807, 2.05) is 4.57 Å². The van der Waals surface area contributed by atoms with Crippen LogP contribution in [0.4, 0.5) is 5.82 Å². The minimum atomic E-state index is -4.08. The van der Waals surface area contributed by atoms with Gasteiger partial charge in [0.25, 0.3) is 5.91 Å². The minimum Gasteiger partial charge on any atom is -0.387 e. The van der Waals surface area contributed by atoms with Crippen LogP contribution in [0.5, 0.6) is 0 Å². The van der Waals surface area contributed by atoms with E-state index in [9.17, 15) is 19.0 Å². The van der Waals surface area contributed by atoms with Crippen molar-refractivity contribution in [1.29, 1.82) is 0 Å². The molecule has 3 aliphatic rings. The van der Waals surface area contributed by atoms with Gasteiger partial charge in [0.2, 0.25) is 0 Å². The Balaban J connectivity index is 1.27. The first-order valence-electron chi connectivity index (χ1n) is 12.7. The van der Waals surface area contributed by atoms with Crippen LogP contribution >= 0.6 is 38.1 Å². The Morgan fingerprint density at radius 2 is 1.83 bits per heavy atom. The van der Waals surface area contributed by atoms with Gasteiger partial charge in [-0.3, -0.25) is 18.8 Å². The van der Waals surface area contributed by atoms with Gasteiger partial charge in [0.1, 0.15) is 42.0 Å². The van der Waals surface area contributed by atoms with Crippen molar-refractivity contribution in [3.05, 3.63) is 42.2 Å². The molecule has 1 amide bonds. The number of aliphatic hydroxyl groups is 1. The van der Waals surface area contributed by atoms with Crippen molar-refractivity contribution in [2.45, 2.75) is 36.9 Å². The number of hydrogen-bond acceptors (Lipinski definition) is 14. The molecule has 5 heterocycles. The number of aliphatic hydroxyl groups excluding tert-OH is 1. The van der Waals surface area contributed by atoms with Crippen molar-refractivity contribution in [3.8, 4) is 0 Å². The van der Waals surface area contributed by atoms with E-state index in [1.54, 1.807) is 6.33 Å². The summed E-state index contributed by atoms with van der Waals surface area (Å²) in [5, 5.41) is 11.1. The van der Waals surface area contributed by atoms with Crippen LogP contribution in [0.15, 0.2) is 31.0 Å². The van der Waals surface area contributed by atoms with E-state index >= 15 is 0 Å². The molecule has 0 aromatic carbocycles. The number of pyridine rings is 1. The second-order valence-electron chi connectivity index (χ2n) is 10.1. The van der Waals surface area contributed by atoms with Gasteiger partial charge in [-0.15, -0.1) is 0 Å². The number of nitrogens with zero attached hydrogens (tertiary/aromatic N) is 5. The van der Waals surface area contributed by atoms with Crippen molar-refractivity contribution >= 4 is 61.0 Å². The molecular weight excluding hydrogens is 632 g/mol. The minimum absolute atomic E-state index is 0.0566. The Kier molecular flexibility index (Phi) is 8.15. The molecule has 0 spiro atoms. The van der Waals surface area contributed by atoms with Crippen molar-refractivity contribution < 1.29 is 41.9 Å². The number of nitrogens with two attached hydrogens (primary N) is 2. The number of anilines is 1. The van der Waals surface area contributed by atoms with E-state index in [0.717, 1.165) is 0 Å². The molecule has 0 radical (unpaired) electrons. The largest absolute Gasteiger partial charge is 0.387 e. The fourth-order valence-corrected chi connectivity index (χ4v) is 8.11. The van der Waals surface area contributed by atoms with Crippen molar-refractivity contribution in [3.63, 3.8) is 0 Å². The van der Waals surface area contributed by atoms with Gasteiger partial charge in [-0.05, 0) is 30.0 Å². The SMILES string of the molecule is NC(=O)c1cc([C@@H]2O[C@@H]3CO[P@](=O)(S)OC[C@@H]4[C@@H](CO[P@@](=O)(S)O[C@@H]2[C@@H]3O)C[C@H]4n2cnc3c(N)ncnc32)ccn1. The van der Waals surface area contributed by atoms with Crippen LogP contribution in [0, 0.1) is 11.8 Å². The number of rotatable bonds is 3. The zero-order chi connectivity index (χ0) is 29.8. The van der Waals surface area contributed by atoms with Crippen LogP contribution in [0.25, 0.3) is 11.2 Å². The lowest BCUT2D eigenvalue weighted by atomic mass is 9.70. The molecule has 226 valence electrons. The van der Waals surface area contributed by atoms with E-state index in [1.165, 1.54) is 24.7 Å². The fraction of sp³-hybridized carbons (Fsp3) is 0.500. The normalized spacial score (nSPS) is 37.5. The first kappa shape index (κ1) is 29.9. The summed E-state index contributed by atoms with van der Waals surface area (Å²) in [5.74, 6) is -1.10. The third-order valence-corrected chi connectivity index (χ3v) is 10.9. The molecule has 1 saturated carbocycles. The Morgan fingerprint density at radius 1 is 1.07 bits per heavy atom. The Labute approximate surface area is 249 Å². The predicted octanol–water partition coefficient (Wildman–Crippen LogP) is 2.10. The first-order chi connectivity index (χ1) is 19.9. The molecule has 3 aromatic heterocycles. The van der Waals surface area contributed by atoms with E-state index in [2.05, 4.69) is 44.4 Å². The van der Waals surface area contributed by atoms with Gasteiger partial charge in [0, 0.05) is 18.2 Å². The summed E-state index contributed by atoms with van der Waals surface area (Å²) in [6.45, 7) is -8.56. The van der Waals surface area contributed by atoms with Gasteiger partial charge in [0.15, 0.2) is 11.5 Å². The number of hydrogen-bond donors (Lipinski definition) is 5. The highest BCUT2D eigenvalue weighted by molar-refractivity contribution is 8.44. The molecule has 2 bridgehead atoms. The lowest BCUT2D eigenvalue weighted by Gasteiger charge is -2.45. The summed E-state index contributed by atoms with van der Waals surface area (Å²) in [6.07, 6.45) is -0.0927.